The summed E-state index contributed by atoms with van der Waals surface area (Å²) in [6.07, 6.45) is 21.5. The van der Waals surface area contributed by atoms with E-state index in [4.69, 9.17) is 11.5 Å². The predicted octanol–water partition coefficient (Wildman–Crippen LogP) is 3.90. The molecule has 5 rings (SSSR count). The molecule has 1 aliphatic carbocycles. The van der Waals surface area contributed by atoms with Crippen LogP contribution in [-0.4, -0.2) is 24.9 Å². The first-order valence-electron chi connectivity index (χ1n) is 9.78. The largest absolute Gasteiger partial charge is 0.397 e. The summed E-state index contributed by atoms with van der Waals surface area (Å²) in [4.78, 5) is 20.6. The van der Waals surface area contributed by atoms with Gasteiger partial charge in [-0.1, -0.05) is 18.2 Å². The van der Waals surface area contributed by atoms with E-state index < -0.39 is 5.82 Å². The van der Waals surface area contributed by atoms with E-state index in [2.05, 4.69) is 49.9 Å². The summed E-state index contributed by atoms with van der Waals surface area (Å²) < 4.78 is 15.3. The quantitative estimate of drug-likeness (QED) is 0.427. The van der Waals surface area contributed by atoms with Gasteiger partial charge < -0.3 is 16.5 Å². The monoisotopic (exact) mass is 425 g/mol. The van der Waals surface area contributed by atoms with E-state index in [9.17, 15) is 0 Å². The van der Waals surface area contributed by atoms with Crippen LogP contribution < -0.4 is 11.5 Å². The normalized spacial score (nSPS) is 12.4. The number of imidazole rings is 1. The van der Waals surface area contributed by atoms with Crippen molar-refractivity contribution in [1.82, 2.24) is 24.9 Å². The molecule has 0 aromatic carbocycles. The van der Waals surface area contributed by atoms with Crippen LogP contribution in [0.5, 0.6) is 0 Å². The molecule has 0 bridgehead atoms. The van der Waals surface area contributed by atoms with E-state index in [-0.39, 0.29) is 17.8 Å². The number of nitrogens with two attached hydrogens (primary N) is 2. The molecular formula is C24H20FN7. The van der Waals surface area contributed by atoms with Crippen molar-refractivity contribution in [2.75, 3.05) is 11.5 Å². The molecule has 4 aromatic rings. The molecule has 0 unspecified atom stereocenters. The number of H-pyrrole nitrogens is 1. The summed E-state index contributed by atoms with van der Waals surface area (Å²) in [5, 5.41) is 0. The zero-order valence-electron chi connectivity index (χ0n) is 17.1. The zero-order chi connectivity index (χ0) is 22.7. The van der Waals surface area contributed by atoms with Crippen LogP contribution in [0.15, 0.2) is 55.1 Å². The van der Waals surface area contributed by atoms with Gasteiger partial charge in [0.05, 0.1) is 28.8 Å². The maximum absolute atomic E-state index is 15.3. The van der Waals surface area contributed by atoms with E-state index in [1.807, 2.05) is 12.1 Å². The van der Waals surface area contributed by atoms with Crippen LogP contribution in [0.3, 0.4) is 0 Å². The SMILES string of the molecule is C#C.Nc1cncc(-c2ncc(N)c(Cc3nc4c(C5=CCC=C5)nccc4[nH]3)c2F)c1. The third-order valence-electron chi connectivity index (χ3n) is 5.03. The third-order valence-corrected chi connectivity index (χ3v) is 5.03. The molecule has 0 spiro atoms. The van der Waals surface area contributed by atoms with Crippen molar-refractivity contribution in [1.29, 1.82) is 0 Å². The molecule has 8 heteroatoms. The summed E-state index contributed by atoms with van der Waals surface area (Å²) in [6, 6.07) is 3.48. The Kier molecular flexibility index (Phi) is 5.64. The molecule has 0 fully saturated rings. The molecular weight excluding hydrogens is 405 g/mol. The lowest BCUT2D eigenvalue weighted by Crippen LogP contribution is -2.05. The number of terminal acetylenes is 1. The Morgan fingerprint density at radius 2 is 1.94 bits per heavy atom. The first-order chi connectivity index (χ1) is 15.6. The van der Waals surface area contributed by atoms with Crippen molar-refractivity contribution < 1.29 is 4.39 Å². The number of nitrogen functional groups attached to an aromatic ring is 2. The van der Waals surface area contributed by atoms with Gasteiger partial charge in [0, 0.05) is 36.1 Å². The molecule has 158 valence electrons. The predicted molar refractivity (Wildman–Crippen MR) is 125 cm³/mol. The standard InChI is InChI=1S/C22H18FN7.C2H2/c23-19-15(16(25)11-28-20(19)13-7-14(24)10-26-9-13)8-18-29-17-5-6-27-21(22(17)30-18)12-3-1-2-4-12;1-2/h1,3-7,9-11H,2,8,24-25H2,(H,29,30);1-2H. The number of hydrogen-bond acceptors (Lipinski definition) is 6. The van der Waals surface area contributed by atoms with Gasteiger partial charge in [-0.25, -0.2) is 9.37 Å². The third kappa shape index (κ3) is 3.79. The molecule has 7 nitrogen and oxygen atoms in total. The number of allylic oxidation sites excluding steroid dienone is 4. The smallest absolute Gasteiger partial charge is 0.155 e. The highest BCUT2D eigenvalue weighted by Crippen LogP contribution is 2.30. The van der Waals surface area contributed by atoms with Crippen LogP contribution in [0.2, 0.25) is 0 Å². The molecule has 0 saturated heterocycles. The van der Waals surface area contributed by atoms with Crippen molar-refractivity contribution in [2.45, 2.75) is 12.8 Å². The van der Waals surface area contributed by atoms with Crippen molar-refractivity contribution in [3.63, 3.8) is 0 Å². The Balaban J connectivity index is 0.00000119. The van der Waals surface area contributed by atoms with Crippen molar-refractivity contribution in [2.24, 2.45) is 0 Å². The number of fused-ring (bicyclic) bond motifs is 1. The number of nitrogens with zero attached hydrogens (tertiary/aromatic N) is 4. The maximum Gasteiger partial charge on any atom is 0.155 e. The van der Waals surface area contributed by atoms with E-state index in [1.54, 1.807) is 12.3 Å². The van der Waals surface area contributed by atoms with Gasteiger partial charge in [-0.05, 0) is 24.1 Å². The zero-order valence-corrected chi connectivity index (χ0v) is 17.1. The lowest BCUT2D eigenvalue weighted by molar-refractivity contribution is 0.611. The second-order valence-corrected chi connectivity index (χ2v) is 7.08. The highest BCUT2D eigenvalue weighted by Gasteiger charge is 2.18. The number of pyridine rings is 3. The summed E-state index contributed by atoms with van der Waals surface area (Å²) in [6.45, 7) is 0. The van der Waals surface area contributed by atoms with Crippen LogP contribution in [0.1, 0.15) is 23.5 Å². The molecule has 0 saturated carbocycles. The van der Waals surface area contributed by atoms with Gasteiger partial charge in [0.15, 0.2) is 5.82 Å². The molecule has 1 aliphatic rings. The van der Waals surface area contributed by atoms with Gasteiger partial charge >= 0.3 is 0 Å². The molecule has 0 aliphatic heterocycles. The molecule has 4 heterocycles. The first-order valence-corrected chi connectivity index (χ1v) is 9.78. The Morgan fingerprint density at radius 3 is 2.69 bits per heavy atom. The second-order valence-electron chi connectivity index (χ2n) is 7.08. The highest BCUT2D eigenvalue weighted by atomic mass is 19.1. The number of halogens is 1. The summed E-state index contributed by atoms with van der Waals surface area (Å²) >= 11 is 0. The number of rotatable bonds is 4. The lowest BCUT2D eigenvalue weighted by Gasteiger charge is -2.10. The molecule has 4 aromatic heterocycles. The molecule has 0 radical (unpaired) electrons. The second kappa shape index (κ2) is 8.70. The average Bonchev–Trinajstić information content (AvgIpc) is 3.47. The van der Waals surface area contributed by atoms with Crippen LogP contribution in [0.4, 0.5) is 15.8 Å². The minimum absolute atomic E-state index is 0.152. The van der Waals surface area contributed by atoms with E-state index in [1.165, 1.54) is 18.6 Å². The van der Waals surface area contributed by atoms with Crippen molar-refractivity contribution >= 4 is 28.0 Å². The topological polar surface area (TPSA) is 119 Å². The first kappa shape index (κ1) is 20.8. The Labute approximate surface area is 184 Å². The highest BCUT2D eigenvalue weighted by molar-refractivity contribution is 5.90. The number of aromatic nitrogens is 5. The summed E-state index contributed by atoms with van der Waals surface area (Å²) in [5.41, 5.74) is 16.9. The van der Waals surface area contributed by atoms with E-state index in [0.29, 0.717) is 22.6 Å². The van der Waals surface area contributed by atoms with Gasteiger partial charge in [0.2, 0.25) is 0 Å². The Hall–Kier alpha value is -4.51. The van der Waals surface area contributed by atoms with Gasteiger partial charge in [0.1, 0.15) is 17.0 Å². The molecule has 5 N–H and O–H groups in total. The minimum Gasteiger partial charge on any atom is -0.397 e. The maximum atomic E-state index is 15.3. The van der Waals surface area contributed by atoms with Gasteiger partial charge in [-0.2, -0.15) is 0 Å². The van der Waals surface area contributed by atoms with Gasteiger partial charge in [-0.15, -0.1) is 12.8 Å². The van der Waals surface area contributed by atoms with Gasteiger partial charge in [-0.3, -0.25) is 15.0 Å². The van der Waals surface area contributed by atoms with Crippen LogP contribution in [-0.2, 0) is 6.42 Å². The van der Waals surface area contributed by atoms with Crippen LogP contribution in [0.25, 0.3) is 27.9 Å². The number of nitrogens with one attached hydrogen (secondary N) is 1. The molecule has 0 atom stereocenters. The van der Waals surface area contributed by atoms with E-state index in [0.717, 1.165) is 28.7 Å². The van der Waals surface area contributed by atoms with Crippen molar-refractivity contribution in [3.8, 4) is 24.1 Å². The van der Waals surface area contributed by atoms with Crippen molar-refractivity contribution in [3.05, 3.63) is 78.0 Å². The average molecular weight is 425 g/mol. The summed E-state index contributed by atoms with van der Waals surface area (Å²) in [7, 11) is 0. The molecule has 32 heavy (non-hydrogen) atoms. The fourth-order valence-electron chi connectivity index (χ4n) is 3.59. The van der Waals surface area contributed by atoms with Crippen LogP contribution in [0, 0.1) is 18.7 Å². The number of hydrogen-bond donors (Lipinski definition) is 3. The minimum atomic E-state index is -0.511. The lowest BCUT2D eigenvalue weighted by atomic mass is 10.1. The summed E-state index contributed by atoms with van der Waals surface area (Å²) in [5.74, 6) is 0.0814. The fourth-order valence-corrected chi connectivity index (χ4v) is 3.59. The Bertz CT molecular complexity index is 1380. The molecule has 0 amide bonds. The van der Waals surface area contributed by atoms with Gasteiger partial charge in [0.25, 0.3) is 0 Å². The number of aromatic amines is 1. The van der Waals surface area contributed by atoms with E-state index >= 15 is 4.39 Å². The van der Waals surface area contributed by atoms with Crippen LogP contribution >= 0.6 is 0 Å². The number of anilines is 2. The Morgan fingerprint density at radius 1 is 1.09 bits per heavy atom. The fraction of sp³-hybridized carbons (Fsp3) is 0.0833.